The maximum atomic E-state index is 6.96. The highest BCUT2D eigenvalue weighted by atomic mass is 79.9. The van der Waals surface area contributed by atoms with Gasteiger partial charge in [0.2, 0.25) is 5.69 Å². The predicted molar refractivity (Wildman–Crippen MR) is 68.8 cm³/mol. The summed E-state index contributed by atoms with van der Waals surface area (Å²) in [6, 6.07) is 5.65. The Kier molecular flexibility index (Phi) is 4.55. The average molecular weight is 296 g/mol. The first kappa shape index (κ1) is 12.6. The first-order valence-corrected chi connectivity index (χ1v) is 6.48. The molecule has 1 fully saturated rings. The van der Waals surface area contributed by atoms with Gasteiger partial charge in [-0.05, 0) is 24.8 Å². The van der Waals surface area contributed by atoms with Gasteiger partial charge in [0.25, 0.3) is 0 Å². The van der Waals surface area contributed by atoms with E-state index >= 15 is 0 Å². The quantitative estimate of drug-likeness (QED) is 0.786. The van der Waals surface area contributed by atoms with Gasteiger partial charge in [-0.2, -0.15) is 0 Å². The zero-order valence-electron chi connectivity index (χ0n) is 9.49. The molecule has 1 heterocycles. The fourth-order valence-electron chi connectivity index (χ4n) is 1.76. The Morgan fingerprint density at radius 2 is 2.35 bits per heavy atom. The van der Waals surface area contributed by atoms with Crippen LogP contribution in [0.1, 0.15) is 24.8 Å². The fourth-order valence-corrected chi connectivity index (χ4v) is 2.28. The van der Waals surface area contributed by atoms with Crippen molar-refractivity contribution in [3.63, 3.8) is 0 Å². The smallest absolute Gasteiger partial charge is 0.201 e. The molecular formula is C13H14BrNO2. The summed E-state index contributed by atoms with van der Waals surface area (Å²) in [4.78, 5) is 3.40. The van der Waals surface area contributed by atoms with Gasteiger partial charge in [-0.1, -0.05) is 34.1 Å². The summed E-state index contributed by atoms with van der Waals surface area (Å²) >= 11 is 3.37. The Labute approximate surface area is 110 Å². The molecule has 90 valence electrons. The molecule has 0 spiro atoms. The molecule has 0 saturated carbocycles. The molecule has 4 heteroatoms. The van der Waals surface area contributed by atoms with Crippen LogP contribution >= 0.6 is 15.9 Å². The first-order chi connectivity index (χ1) is 8.29. The second-order valence-electron chi connectivity index (χ2n) is 4.00. The highest BCUT2D eigenvalue weighted by Crippen LogP contribution is 2.27. The summed E-state index contributed by atoms with van der Waals surface area (Å²) in [5.41, 5.74) is 1.68. The summed E-state index contributed by atoms with van der Waals surface area (Å²) < 4.78 is 12.0. The molecule has 17 heavy (non-hydrogen) atoms. The SMILES string of the molecule is [C-]#[N+]c1ccc(COC2CCCCO2)cc1Br. The lowest BCUT2D eigenvalue weighted by Crippen LogP contribution is -2.21. The molecule has 0 radical (unpaired) electrons. The van der Waals surface area contributed by atoms with Crippen molar-refractivity contribution in [1.82, 2.24) is 0 Å². The van der Waals surface area contributed by atoms with E-state index in [-0.39, 0.29) is 6.29 Å². The lowest BCUT2D eigenvalue weighted by atomic mass is 10.2. The second kappa shape index (κ2) is 6.15. The van der Waals surface area contributed by atoms with Gasteiger partial charge >= 0.3 is 0 Å². The van der Waals surface area contributed by atoms with Gasteiger partial charge < -0.3 is 9.47 Å². The second-order valence-corrected chi connectivity index (χ2v) is 4.86. The predicted octanol–water partition coefficient (Wildman–Crippen LogP) is 4.04. The van der Waals surface area contributed by atoms with Crippen molar-refractivity contribution in [2.45, 2.75) is 32.2 Å². The van der Waals surface area contributed by atoms with Crippen molar-refractivity contribution in [2.24, 2.45) is 0 Å². The highest BCUT2D eigenvalue weighted by Gasteiger charge is 2.14. The van der Waals surface area contributed by atoms with Crippen LogP contribution in [0.15, 0.2) is 22.7 Å². The highest BCUT2D eigenvalue weighted by molar-refractivity contribution is 9.10. The van der Waals surface area contributed by atoms with Crippen LogP contribution < -0.4 is 0 Å². The van der Waals surface area contributed by atoms with E-state index in [0.29, 0.717) is 12.3 Å². The molecule has 0 N–H and O–H groups in total. The van der Waals surface area contributed by atoms with Gasteiger partial charge in [0, 0.05) is 11.1 Å². The molecular weight excluding hydrogens is 282 g/mol. The van der Waals surface area contributed by atoms with E-state index in [1.807, 2.05) is 12.1 Å². The molecule has 1 saturated heterocycles. The minimum atomic E-state index is -0.0666. The van der Waals surface area contributed by atoms with Crippen molar-refractivity contribution in [2.75, 3.05) is 6.61 Å². The van der Waals surface area contributed by atoms with Crippen LogP contribution in [-0.4, -0.2) is 12.9 Å². The van der Waals surface area contributed by atoms with E-state index in [1.165, 1.54) is 6.42 Å². The van der Waals surface area contributed by atoms with Gasteiger partial charge in [0.15, 0.2) is 6.29 Å². The van der Waals surface area contributed by atoms with E-state index in [9.17, 15) is 0 Å². The van der Waals surface area contributed by atoms with Crippen molar-refractivity contribution in [3.8, 4) is 0 Å². The zero-order chi connectivity index (χ0) is 12.1. The molecule has 1 unspecified atom stereocenters. The number of nitrogens with zero attached hydrogens (tertiary/aromatic N) is 1. The Balaban J connectivity index is 1.90. The molecule has 1 aromatic carbocycles. The number of ether oxygens (including phenoxy) is 2. The standard InChI is InChI=1S/C13H14BrNO2/c1-15-12-6-5-10(8-11(12)14)9-17-13-4-2-3-7-16-13/h5-6,8,13H,2-4,7,9H2. The minimum Gasteiger partial charge on any atom is -0.353 e. The Bertz CT molecular complexity index is 422. The van der Waals surface area contributed by atoms with Crippen LogP contribution in [-0.2, 0) is 16.1 Å². The molecule has 0 bridgehead atoms. The number of hydrogen-bond acceptors (Lipinski definition) is 2. The molecule has 1 aliphatic rings. The van der Waals surface area contributed by atoms with Gasteiger partial charge in [-0.3, -0.25) is 0 Å². The number of hydrogen-bond donors (Lipinski definition) is 0. The maximum absolute atomic E-state index is 6.96. The van der Waals surface area contributed by atoms with Crippen molar-refractivity contribution >= 4 is 21.6 Å². The van der Waals surface area contributed by atoms with Crippen LogP contribution in [0, 0.1) is 6.57 Å². The summed E-state index contributed by atoms with van der Waals surface area (Å²) in [5.74, 6) is 0. The molecule has 1 aliphatic heterocycles. The summed E-state index contributed by atoms with van der Waals surface area (Å²) in [6.45, 7) is 8.29. The molecule has 0 aliphatic carbocycles. The van der Waals surface area contributed by atoms with Crippen molar-refractivity contribution in [3.05, 3.63) is 39.7 Å². The van der Waals surface area contributed by atoms with Gasteiger partial charge in [0.05, 0.1) is 13.2 Å². The number of halogens is 1. The van der Waals surface area contributed by atoms with Crippen LogP contribution in [0.3, 0.4) is 0 Å². The van der Waals surface area contributed by atoms with E-state index < -0.39 is 0 Å². The van der Waals surface area contributed by atoms with Crippen LogP contribution in [0.25, 0.3) is 4.85 Å². The summed E-state index contributed by atoms with van der Waals surface area (Å²) in [7, 11) is 0. The molecule has 1 atom stereocenters. The van der Waals surface area contributed by atoms with Crippen LogP contribution in [0.2, 0.25) is 0 Å². The van der Waals surface area contributed by atoms with Crippen molar-refractivity contribution < 1.29 is 9.47 Å². The lowest BCUT2D eigenvalue weighted by molar-refractivity contribution is -0.168. The molecule has 0 amide bonds. The topological polar surface area (TPSA) is 22.8 Å². The first-order valence-electron chi connectivity index (χ1n) is 5.68. The van der Waals surface area contributed by atoms with E-state index in [0.717, 1.165) is 29.5 Å². The fraction of sp³-hybridized carbons (Fsp3) is 0.462. The summed E-state index contributed by atoms with van der Waals surface area (Å²) in [5, 5.41) is 0. The van der Waals surface area contributed by atoms with Gasteiger partial charge in [0.1, 0.15) is 0 Å². The monoisotopic (exact) mass is 295 g/mol. The summed E-state index contributed by atoms with van der Waals surface area (Å²) in [6.07, 6.45) is 3.21. The Hall–Kier alpha value is -0.890. The van der Waals surface area contributed by atoms with Gasteiger partial charge in [-0.25, -0.2) is 4.85 Å². The third-order valence-electron chi connectivity index (χ3n) is 2.71. The third kappa shape index (κ3) is 3.53. The van der Waals surface area contributed by atoms with Gasteiger partial charge in [-0.15, -0.1) is 0 Å². The van der Waals surface area contributed by atoms with E-state index in [2.05, 4.69) is 20.8 Å². The third-order valence-corrected chi connectivity index (χ3v) is 3.34. The van der Waals surface area contributed by atoms with Crippen LogP contribution in [0.5, 0.6) is 0 Å². The normalized spacial score (nSPS) is 19.9. The van der Waals surface area contributed by atoms with E-state index in [1.54, 1.807) is 6.07 Å². The maximum Gasteiger partial charge on any atom is 0.201 e. The zero-order valence-corrected chi connectivity index (χ0v) is 11.1. The number of benzene rings is 1. The molecule has 0 aromatic heterocycles. The molecule has 2 rings (SSSR count). The van der Waals surface area contributed by atoms with Crippen molar-refractivity contribution in [1.29, 1.82) is 0 Å². The molecule has 3 nitrogen and oxygen atoms in total. The Morgan fingerprint density at radius 3 is 3.00 bits per heavy atom. The van der Waals surface area contributed by atoms with Crippen LogP contribution in [0.4, 0.5) is 5.69 Å². The molecule has 1 aromatic rings. The Morgan fingerprint density at radius 1 is 1.47 bits per heavy atom. The lowest BCUT2D eigenvalue weighted by Gasteiger charge is -2.22. The number of rotatable bonds is 3. The average Bonchev–Trinajstić information content (AvgIpc) is 2.38. The minimum absolute atomic E-state index is 0.0666. The largest absolute Gasteiger partial charge is 0.353 e. The van der Waals surface area contributed by atoms with E-state index in [4.69, 9.17) is 16.0 Å².